The standard InChI is InChI=1S/C31H31F2N3O2/c1-20(2)21-11-13-23(14-12-21)30(22-7-4-3-5-8-22)34-31(38)28-17-24(32)18-36(28)29(37)19-35-16-15-25-26(33)9-6-10-27(25)35/h3-16,20,24,28,30H,17-19H2,1-2H3,(H,34,38)/t24?,28-,30-/m0/s1. The zero-order valence-electron chi connectivity index (χ0n) is 21.5. The van der Waals surface area contributed by atoms with Gasteiger partial charge in [-0.25, -0.2) is 8.78 Å². The van der Waals surface area contributed by atoms with E-state index in [-0.39, 0.29) is 31.2 Å². The first kappa shape index (κ1) is 25.6. The van der Waals surface area contributed by atoms with Crippen molar-refractivity contribution in [2.45, 2.75) is 51.0 Å². The van der Waals surface area contributed by atoms with Crippen molar-refractivity contribution in [1.82, 2.24) is 14.8 Å². The SMILES string of the molecule is CC(C)c1ccc([C@@H](NC(=O)[C@@H]2CC(F)CN2C(=O)Cn2ccc3c(F)cccc32)c2ccccc2)cc1. The van der Waals surface area contributed by atoms with Crippen molar-refractivity contribution >= 4 is 22.7 Å². The summed E-state index contributed by atoms with van der Waals surface area (Å²) >= 11 is 0. The average Bonchev–Trinajstić information content (AvgIpc) is 3.52. The van der Waals surface area contributed by atoms with Crippen LogP contribution < -0.4 is 5.32 Å². The number of likely N-dealkylation sites (tertiary alicyclic amines) is 1. The van der Waals surface area contributed by atoms with Crippen LogP contribution in [0.5, 0.6) is 0 Å². The second kappa shape index (κ2) is 10.8. The van der Waals surface area contributed by atoms with E-state index in [1.807, 2.05) is 42.5 Å². The van der Waals surface area contributed by atoms with Crippen molar-refractivity contribution in [2.75, 3.05) is 6.54 Å². The van der Waals surface area contributed by atoms with Gasteiger partial charge >= 0.3 is 0 Å². The smallest absolute Gasteiger partial charge is 0.243 e. The number of nitrogens with zero attached hydrogens (tertiary/aromatic N) is 2. The number of amides is 2. The second-order valence-corrected chi connectivity index (χ2v) is 10.2. The lowest BCUT2D eigenvalue weighted by atomic mass is 9.95. The number of fused-ring (bicyclic) bond motifs is 1. The van der Waals surface area contributed by atoms with E-state index in [1.54, 1.807) is 29.0 Å². The van der Waals surface area contributed by atoms with Gasteiger partial charge in [0, 0.05) is 18.0 Å². The number of alkyl halides is 1. The first-order valence-corrected chi connectivity index (χ1v) is 12.9. The van der Waals surface area contributed by atoms with Gasteiger partial charge in [0.25, 0.3) is 0 Å². The molecule has 3 atom stereocenters. The molecule has 196 valence electrons. The molecule has 5 nitrogen and oxygen atoms in total. The van der Waals surface area contributed by atoms with Gasteiger partial charge in [0.15, 0.2) is 0 Å². The summed E-state index contributed by atoms with van der Waals surface area (Å²) in [4.78, 5) is 28.2. The number of halogens is 2. The Morgan fingerprint density at radius 3 is 2.32 bits per heavy atom. The lowest BCUT2D eigenvalue weighted by Gasteiger charge is -2.27. The Bertz CT molecular complexity index is 1430. The summed E-state index contributed by atoms with van der Waals surface area (Å²) in [7, 11) is 0. The number of aromatic nitrogens is 1. The van der Waals surface area contributed by atoms with Crippen molar-refractivity contribution in [3.05, 3.63) is 108 Å². The minimum atomic E-state index is -1.30. The van der Waals surface area contributed by atoms with Gasteiger partial charge in [0.05, 0.1) is 18.1 Å². The van der Waals surface area contributed by atoms with Crippen LogP contribution in [0.15, 0.2) is 85.1 Å². The predicted octanol–water partition coefficient (Wildman–Crippen LogP) is 5.75. The number of rotatable bonds is 7. The number of hydrogen-bond acceptors (Lipinski definition) is 2. The molecule has 5 rings (SSSR count). The third-order valence-corrected chi connectivity index (χ3v) is 7.30. The maximum Gasteiger partial charge on any atom is 0.243 e. The molecule has 1 aliphatic rings. The molecule has 1 fully saturated rings. The molecule has 4 aromatic rings. The lowest BCUT2D eigenvalue weighted by molar-refractivity contribution is -0.139. The number of carbonyl (C=O) groups excluding carboxylic acids is 2. The zero-order valence-corrected chi connectivity index (χ0v) is 21.5. The Balaban J connectivity index is 1.37. The first-order valence-electron chi connectivity index (χ1n) is 12.9. The Hall–Kier alpha value is -4.00. The van der Waals surface area contributed by atoms with Gasteiger partial charge in [0.2, 0.25) is 11.8 Å². The van der Waals surface area contributed by atoms with Gasteiger partial charge in [-0.1, -0.05) is 74.5 Å². The Morgan fingerprint density at radius 2 is 1.61 bits per heavy atom. The van der Waals surface area contributed by atoms with Gasteiger partial charge < -0.3 is 14.8 Å². The second-order valence-electron chi connectivity index (χ2n) is 10.2. The highest BCUT2D eigenvalue weighted by atomic mass is 19.1. The van der Waals surface area contributed by atoms with Crippen molar-refractivity contribution in [3.8, 4) is 0 Å². The molecule has 2 heterocycles. The minimum Gasteiger partial charge on any atom is -0.343 e. The highest BCUT2D eigenvalue weighted by Gasteiger charge is 2.40. The van der Waals surface area contributed by atoms with Crippen molar-refractivity contribution in [1.29, 1.82) is 0 Å². The molecule has 0 saturated carbocycles. The molecule has 38 heavy (non-hydrogen) atoms. The number of carbonyl (C=O) groups is 2. The van der Waals surface area contributed by atoms with Crippen molar-refractivity contribution < 1.29 is 18.4 Å². The predicted molar refractivity (Wildman–Crippen MR) is 144 cm³/mol. The van der Waals surface area contributed by atoms with Crippen LogP contribution in [0.4, 0.5) is 8.78 Å². The Labute approximate surface area is 221 Å². The molecule has 1 aliphatic heterocycles. The van der Waals surface area contributed by atoms with Gasteiger partial charge in [-0.15, -0.1) is 0 Å². The van der Waals surface area contributed by atoms with Gasteiger partial charge in [0.1, 0.15) is 24.6 Å². The summed E-state index contributed by atoms with van der Waals surface area (Å²) < 4.78 is 30.3. The van der Waals surface area contributed by atoms with Crippen LogP contribution in [0.2, 0.25) is 0 Å². The van der Waals surface area contributed by atoms with Crippen LogP contribution in [-0.4, -0.2) is 40.0 Å². The van der Waals surface area contributed by atoms with Crippen molar-refractivity contribution in [3.63, 3.8) is 0 Å². The van der Waals surface area contributed by atoms with Crippen LogP contribution in [0.1, 0.15) is 48.9 Å². The van der Waals surface area contributed by atoms with Crippen LogP contribution in [0.3, 0.4) is 0 Å². The molecule has 7 heteroatoms. The summed E-state index contributed by atoms with van der Waals surface area (Å²) in [6, 6.07) is 22.6. The number of hydrogen-bond donors (Lipinski definition) is 1. The summed E-state index contributed by atoms with van der Waals surface area (Å²) in [6.07, 6.45) is 0.275. The van der Waals surface area contributed by atoms with Crippen molar-refractivity contribution in [2.24, 2.45) is 0 Å². The monoisotopic (exact) mass is 515 g/mol. The first-order chi connectivity index (χ1) is 18.3. The third-order valence-electron chi connectivity index (χ3n) is 7.30. The van der Waals surface area contributed by atoms with Crippen LogP contribution in [0.25, 0.3) is 10.9 Å². The van der Waals surface area contributed by atoms with Crippen LogP contribution in [0, 0.1) is 5.82 Å². The summed E-state index contributed by atoms with van der Waals surface area (Å²) in [6.45, 7) is 3.99. The fourth-order valence-corrected chi connectivity index (χ4v) is 5.19. The molecule has 3 aromatic carbocycles. The molecule has 0 radical (unpaired) electrons. The molecule has 2 amide bonds. The summed E-state index contributed by atoms with van der Waals surface area (Å²) in [5, 5.41) is 3.50. The normalized spacial score (nSPS) is 18.2. The summed E-state index contributed by atoms with van der Waals surface area (Å²) in [5.41, 5.74) is 3.57. The van der Waals surface area contributed by atoms with Crippen LogP contribution in [-0.2, 0) is 16.1 Å². The van der Waals surface area contributed by atoms with Crippen LogP contribution >= 0.6 is 0 Å². The average molecular weight is 516 g/mol. The highest BCUT2D eigenvalue weighted by Crippen LogP contribution is 2.27. The largest absolute Gasteiger partial charge is 0.343 e. The topological polar surface area (TPSA) is 54.3 Å². The van der Waals surface area contributed by atoms with E-state index in [1.165, 1.54) is 16.5 Å². The highest BCUT2D eigenvalue weighted by molar-refractivity contribution is 5.90. The molecule has 0 aliphatic carbocycles. The van der Waals surface area contributed by atoms with Gasteiger partial charge in [-0.3, -0.25) is 9.59 Å². The maximum atomic E-state index is 14.6. The Morgan fingerprint density at radius 1 is 0.921 bits per heavy atom. The van der Waals surface area contributed by atoms with E-state index in [0.717, 1.165) is 11.1 Å². The van der Waals surface area contributed by atoms with Gasteiger partial charge in [-0.05, 0) is 40.8 Å². The van der Waals surface area contributed by atoms with E-state index >= 15 is 0 Å². The molecule has 1 N–H and O–H groups in total. The van der Waals surface area contributed by atoms with Gasteiger partial charge in [-0.2, -0.15) is 0 Å². The fourth-order valence-electron chi connectivity index (χ4n) is 5.19. The molecule has 1 aromatic heterocycles. The van der Waals surface area contributed by atoms with E-state index in [2.05, 4.69) is 31.3 Å². The molecular formula is C31H31F2N3O2. The summed E-state index contributed by atoms with van der Waals surface area (Å²) in [5.74, 6) is -0.778. The zero-order chi connectivity index (χ0) is 26.8. The lowest BCUT2D eigenvalue weighted by Crippen LogP contribution is -2.47. The molecule has 0 spiro atoms. The third kappa shape index (κ3) is 5.19. The molecule has 0 bridgehead atoms. The van der Waals surface area contributed by atoms with E-state index < -0.39 is 24.2 Å². The molecule has 1 unspecified atom stereocenters. The molecular weight excluding hydrogens is 484 g/mol. The maximum absolute atomic E-state index is 14.6. The minimum absolute atomic E-state index is 0.0631. The fraction of sp³-hybridized carbons (Fsp3) is 0.290. The number of nitrogens with one attached hydrogen (secondary N) is 1. The number of benzene rings is 3. The Kier molecular flexibility index (Phi) is 7.27. The molecule has 1 saturated heterocycles. The quantitative estimate of drug-likeness (QED) is 0.341. The van der Waals surface area contributed by atoms with E-state index in [9.17, 15) is 18.4 Å². The van der Waals surface area contributed by atoms with E-state index in [0.29, 0.717) is 16.8 Å². The van der Waals surface area contributed by atoms with E-state index in [4.69, 9.17) is 0 Å².